The standard InChI is InChI=1S/C19H25N7.HI/c1-2-20-19(21-10-6-12-25-13-7-11-23-25)22-14-17-15-24-26(16-17)18-8-4-3-5-9-18;/h3-5,7-9,11,13,15-16H,2,6,10,12,14H2,1H3,(H2,20,21,22);1H. The molecule has 0 aliphatic rings. The molecule has 7 nitrogen and oxygen atoms in total. The van der Waals surface area contributed by atoms with Gasteiger partial charge in [0.1, 0.15) is 0 Å². The lowest BCUT2D eigenvalue weighted by molar-refractivity contribution is 0.570. The van der Waals surface area contributed by atoms with Gasteiger partial charge in [0.15, 0.2) is 5.96 Å². The molecule has 0 atom stereocenters. The molecule has 0 aliphatic heterocycles. The van der Waals surface area contributed by atoms with E-state index in [0.717, 1.165) is 43.3 Å². The molecular formula is C19H26IN7. The molecule has 8 heteroatoms. The molecule has 3 aromatic rings. The number of nitrogens with zero attached hydrogens (tertiary/aromatic N) is 5. The number of aryl methyl sites for hydroxylation is 1. The molecule has 0 saturated carbocycles. The Hall–Kier alpha value is -2.36. The van der Waals surface area contributed by atoms with Crippen molar-refractivity contribution in [3.8, 4) is 5.69 Å². The average Bonchev–Trinajstić information content (AvgIpc) is 3.36. The highest BCUT2D eigenvalue weighted by molar-refractivity contribution is 14.0. The molecule has 0 saturated heterocycles. The lowest BCUT2D eigenvalue weighted by Crippen LogP contribution is -2.38. The number of hydrogen-bond acceptors (Lipinski definition) is 3. The summed E-state index contributed by atoms with van der Waals surface area (Å²) in [5.74, 6) is 0.820. The van der Waals surface area contributed by atoms with Crippen LogP contribution in [0.5, 0.6) is 0 Å². The summed E-state index contributed by atoms with van der Waals surface area (Å²) >= 11 is 0. The van der Waals surface area contributed by atoms with Gasteiger partial charge in [0, 0.05) is 43.8 Å². The molecule has 144 valence electrons. The summed E-state index contributed by atoms with van der Waals surface area (Å²) in [6.07, 6.45) is 8.63. The summed E-state index contributed by atoms with van der Waals surface area (Å²) in [5.41, 5.74) is 2.12. The Labute approximate surface area is 176 Å². The lowest BCUT2D eigenvalue weighted by Gasteiger charge is -2.11. The third-order valence-electron chi connectivity index (χ3n) is 3.84. The average molecular weight is 479 g/mol. The normalized spacial score (nSPS) is 11.1. The van der Waals surface area contributed by atoms with Crippen molar-refractivity contribution in [1.29, 1.82) is 0 Å². The Kier molecular flexibility index (Phi) is 8.82. The van der Waals surface area contributed by atoms with Gasteiger partial charge < -0.3 is 10.6 Å². The largest absolute Gasteiger partial charge is 0.357 e. The van der Waals surface area contributed by atoms with E-state index in [9.17, 15) is 0 Å². The van der Waals surface area contributed by atoms with Gasteiger partial charge in [-0.2, -0.15) is 10.2 Å². The Morgan fingerprint density at radius 1 is 1.11 bits per heavy atom. The third kappa shape index (κ3) is 6.70. The van der Waals surface area contributed by atoms with Gasteiger partial charge in [0.05, 0.1) is 18.4 Å². The summed E-state index contributed by atoms with van der Waals surface area (Å²) in [5, 5.41) is 15.3. The van der Waals surface area contributed by atoms with Crippen LogP contribution in [0.25, 0.3) is 5.69 Å². The number of rotatable bonds is 8. The van der Waals surface area contributed by atoms with Crippen LogP contribution in [0.15, 0.2) is 66.2 Å². The van der Waals surface area contributed by atoms with E-state index in [-0.39, 0.29) is 24.0 Å². The number of hydrogen-bond donors (Lipinski definition) is 2. The maximum Gasteiger partial charge on any atom is 0.191 e. The summed E-state index contributed by atoms with van der Waals surface area (Å²) in [7, 11) is 0. The van der Waals surface area contributed by atoms with E-state index < -0.39 is 0 Å². The SMILES string of the molecule is CCNC(=NCc1cnn(-c2ccccc2)c1)NCCCn1cccn1.I. The molecule has 0 bridgehead atoms. The molecule has 3 rings (SSSR count). The fraction of sp³-hybridized carbons (Fsp3) is 0.316. The quantitative estimate of drug-likeness (QED) is 0.226. The fourth-order valence-electron chi connectivity index (χ4n) is 2.56. The van der Waals surface area contributed by atoms with Crippen LogP contribution >= 0.6 is 24.0 Å². The highest BCUT2D eigenvalue weighted by Gasteiger charge is 2.02. The minimum Gasteiger partial charge on any atom is -0.357 e. The zero-order valence-electron chi connectivity index (χ0n) is 15.5. The van der Waals surface area contributed by atoms with Crippen LogP contribution in [-0.4, -0.2) is 38.6 Å². The molecule has 0 spiro atoms. The number of benzene rings is 1. The number of nitrogens with one attached hydrogen (secondary N) is 2. The van der Waals surface area contributed by atoms with Gasteiger partial charge >= 0.3 is 0 Å². The van der Waals surface area contributed by atoms with Gasteiger partial charge in [0.2, 0.25) is 0 Å². The van der Waals surface area contributed by atoms with E-state index in [0.29, 0.717) is 6.54 Å². The van der Waals surface area contributed by atoms with Crippen molar-refractivity contribution >= 4 is 29.9 Å². The molecule has 0 fully saturated rings. The lowest BCUT2D eigenvalue weighted by atomic mass is 10.3. The van der Waals surface area contributed by atoms with Crippen LogP contribution < -0.4 is 10.6 Å². The van der Waals surface area contributed by atoms with E-state index >= 15 is 0 Å². The third-order valence-corrected chi connectivity index (χ3v) is 3.84. The van der Waals surface area contributed by atoms with Crippen LogP contribution in [0.4, 0.5) is 0 Å². The summed E-state index contributed by atoms with van der Waals surface area (Å²) in [4.78, 5) is 4.64. The minimum atomic E-state index is 0. The second-order valence-corrected chi connectivity index (χ2v) is 5.87. The van der Waals surface area contributed by atoms with Crippen molar-refractivity contribution in [2.45, 2.75) is 26.4 Å². The summed E-state index contributed by atoms with van der Waals surface area (Å²) in [6, 6.07) is 12.0. The molecule has 1 aromatic carbocycles. The minimum absolute atomic E-state index is 0. The molecule has 0 aliphatic carbocycles. The number of aliphatic imine (C=N–C) groups is 1. The van der Waals surface area contributed by atoms with E-state index in [1.807, 2.05) is 64.4 Å². The van der Waals surface area contributed by atoms with Crippen LogP contribution in [0, 0.1) is 0 Å². The van der Waals surface area contributed by atoms with Gasteiger partial charge in [-0.1, -0.05) is 18.2 Å². The molecule has 0 amide bonds. The van der Waals surface area contributed by atoms with E-state index in [1.54, 1.807) is 6.20 Å². The molecule has 0 radical (unpaired) electrons. The van der Waals surface area contributed by atoms with Gasteiger partial charge in [0.25, 0.3) is 0 Å². The van der Waals surface area contributed by atoms with E-state index in [4.69, 9.17) is 0 Å². The summed E-state index contributed by atoms with van der Waals surface area (Å²) in [6.45, 7) is 5.21. The van der Waals surface area contributed by atoms with E-state index in [1.165, 1.54) is 0 Å². The predicted octanol–water partition coefficient (Wildman–Crippen LogP) is 2.83. The second kappa shape index (κ2) is 11.4. The fourth-order valence-corrected chi connectivity index (χ4v) is 2.56. The first-order chi connectivity index (χ1) is 12.8. The maximum atomic E-state index is 4.64. The topological polar surface area (TPSA) is 72.1 Å². The number of guanidine groups is 1. The summed E-state index contributed by atoms with van der Waals surface area (Å²) < 4.78 is 3.80. The zero-order valence-corrected chi connectivity index (χ0v) is 17.8. The zero-order chi connectivity index (χ0) is 18.0. The predicted molar refractivity (Wildman–Crippen MR) is 119 cm³/mol. The van der Waals surface area contributed by atoms with Gasteiger partial charge in [-0.25, -0.2) is 9.67 Å². The van der Waals surface area contributed by atoms with Gasteiger partial charge in [-0.15, -0.1) is 24.0 Å². The first kappa shape index (κ1) is 20.9. The van der Waals surface area contributed by atoms with Crippen molar-refractivity contribution in [3.05, 3.63) is 66.7 Å². The molecule has 2 aromatic heterocycles. The molecular weight excluding hydrogens is 453 g/mol. The monoisotopic (exact) mass is 479 g/mol. The number of aromatic nitrogens is 4. The highest BCUT2D eigenvalue weighted by atomic mass is 127. The van der Waals surface area contributed by atoms with E-state index in [2.05, 4.69) is 32.7 Å². The highest BCUT2D eigenvalue weighted by Crippen LogP contribution is 2.08. The van der Waals surface area contributed by atoms with Crippen molar-refractivity contribution in [2.24, 2.45) is 4.99 Å². The maximum absolute atomic E-state index is 4.64. The Morgan fingerprint density at radius 3 is 2.70 bits per heavy atom. The van der Waals surface area contributed by atoms with Crippen LogP contribution in [0.1, 0.15) is 18.9 Å². The Morgan fingerprint density at radius 2 is 1.96 bits per heavy atom. The molecule has 2 N–H and O–H groups in total. The van der Waals surface area contributed by atoms with Crippen molar-refractivity contribution in [2.75, 3.05) is 13.1 Å². The van der Waals surface area contributed by atoms with Crippen molar-refractivity contribution in [1.82, 2.24) is 30.2 Å². The Bertz CT molecular complexity index is 797. The van der Waals surface area contributed by atoms with Crippen LogP contribution in [-0.2, 0) is 13.1 Å². The van der Waals surface area contributed by atoms with Crippen molar-refractivity contribution < 1.29 is 0 Å². The second-order valence-electron chi connectivity index (χ2n) is 5.87. The first-order valence-corrected chi connectivity index (χ1v) is 8.93. The van der Waals surface area contributed by atoms with Crippen LogP contribution in [0.3, 0.4) is 0 Å². The van der Waals surface area contributed by atoms with Gasteiger partial charge in [-0.3, -0.25) is 4.68 Å². The first-order valence-electron chi connectivity index (χ1n) is 8.93. The Balaban J connectivity index is 0.00000261. The van der Waals surface area contributed by atoms with Crippen molar-refractivity contribution in [3.63, 3.8) is 0 Å². The number of para-hydroxylation sites is 1. The molecule has 27 heavy (non-hydrogen) atoms. The van der Waals surface area contributed by atoms with Crippen LogP contribution in [0.2, 0.25) is 0 Å². The smallest absolute Gasteiger partial charge is 0.191 e. The van der Waals surface area contributed by atoms with Gasteiger partial charge in [-0.05, 0) is 31.5 Å². The number of halogens is 1. The molecule has 2 heterocycles. The molecule has 0 unspecified atom stereocenters.